The lowest BCUT2D eigenvalue weighted by atomic mass is 9.99. The van der Waals surface area contributed by atoms with Gasteiger partial charge in [0.2, 0.25) is 0 Å². The molecule has 118 valence electrons. The van der Waals surface area contributed by atoms with Crippen molar-refractivity contribution in [2.24, 2.45) is 0 Å². The third-order valence-corrected chi connectivity index (χ3v) is 2.83. The van der Waals surface area contributed by atoms with Crippen molar-refractivity contribution in [3.05, 3.63) is 12.4 Å². The van der Waals surface area contributed by atoms with Crippen LogP contribution >= 0.6 is 0 Å². The second-order valence-electron chi connectivity index (χ2n) is 5.34. The van der Waals surface area contributed by atoms with E-state index in [1.54, 1.807) is 38.0 Å². The number of ether oxygens (including phenoxy) is 1. The van der Waals surface area contributed by atoms with Crippen LogP contribution in [0.15, 0.2) is 12.4 Å². The normalized spacial score (nSPS) is 11.2. The molecule has 1 rings (SSSR count). The predicted molar refractivity (Wildman–Crippen MR) is 77.2 cm³/mol. The molecular weight excluding hydrogens is 276 g/mol. The molecule has 8 heteroatoms. The van der Waals surface area contributed by atoms with Gasteiger partial charge in [0.05, 0.1) is 25.0 Å². The summed E-state index contributed by atoms with van der Waals surface area (Å²) in [4.78, 5) is 22.4. The van der Waals surface area contributed by atoms with Gasteiger partial charge in [-0.3, -0.25) is 9.48 Å². The minimum Gasteiger partial charge on any atom is -0.481 e. The van der Waals surface area contributed by atoms with Crippen molar-refractivity contribution in [2.45, 2.75) is 38.8 Å². The first kappa shape index (κ1) is 17.0. The number of carboxylic acid groups (broad SMARTS) is 1. The number of aromatic nitrogens is 2. The van der Waals surface area contributed by atoms with Gasteiger partial charge in [0.15, 0.2) is 0 Å². The Hall–Kier alpha value is -2.09. The van der Waals surface area contributed by atoms with Gasteiger partial charge in [-0.2, -0.15) is 5.10 Å². The minimum absolute atomic E-state index is 0.00221. The number of amides is 2. The highest BCUT2D eigenvalue weighted by molar-refractivity contribution is 5.89. The summed E-state index contributed by atoms with van der Waals surface area (Å²) in [7, 11) is 1.61. The fraction of sp³-hybridized carbons (Fsp3) is 0.615. The number of urea groups is 1. The van der Waals surface area contributed by atoms with Crippen LogP contribution in [0.3, 0.4) is 0 Å². The Labute approximate surface area is 123 Å². The van der Waals surface area contributed by atoms with Crippen molar-refractivity contribution in [1.29, 1.82) is 0 Å². The first-order chi connectivity index (χ1) is 9.82. The van der Waals surface area contributed by atoms with E-state index in [1.165, 1.54) is 0 Å². The van der Waals surface area contributed by atoms with E-state index >= 15 is 0 Å². The molecular formula is C13H22N4O4. The largest absolute Gasteiger partial charge is 0.481 e. The first-order valence-electron chi connectivity index (χ1n) is 6.65. The number of rotatable bonds is 8. The van der Waals surface area contributed by atoms with E-state index in [0.29, 0.717) is 25.3 Å². The second kappa shape index (κ2) is 7.63. The van der Waals surface area contributed by atoms with Crippen molar-refractivity contribution in [3.8, 4) is 0 Å². The van der Waals surface area contributed by atoms with Gasteiger partial charge in [-0.15, -0.1) is 0 Å². The fourth-order valence-corrected chi connectivity index (χ4v) is 1.69. The molecule has 3 N–H and O–H groups in total. The van der Waals surface area contributed by atoms with Gasteiger partial charge in [0.25, 0.3) is 0 Å². The molecule has 2 amide bonds. The van der Waals surface area contributed by atoms with Gasteiger partial charge >= 0.3 is 12.0 Å². The summed E-state index contributed by atoms with van der Waals surface area (Å²) in [6.45, 7) is 4.69. The minimum atomic E-state index is -0.885. The van der Waals surface area contributed by atoms with Crippen molar-refractivity contribution >= 4 is 17.7 Å². The summed E-state index contributed by atoms with van der Waals surface area (Å²) >= 11 is 0. The highest BCUT2D eigenvalue weighted by Crippen LogP contribution is 2.12. The molecule has 0 spiro atoms. The SMILES string of the molecule is COCCn1cc(NC(=O)NC(C)(C)CCC(=O)O)cn1. The standard InChI is InChI=1S/C13H22N4O4/c1-13(2,5-4-11(18)19)16-12(20)15-10-8-14-17(9-10)6-7-21-3/h8-9H,4-7H2,1-3H3,(H,18,19)(H2,15,16,20). The van der Waals surface area contributed by atoms with Crippen LogP contribution in [0.1, 0.15) is 26.7 Å². The molecule has 0 radical (unpaired) electrons. The number of carboxylic acids is 1. The fourth-order valence-electron chi connectivity index (χ4n) is 1.69. The number of methoxy groups -OCH3 is 1. The van der Waals surface area contributed by atoms with Crippen LogP contribution < -0.4 is 10.6 Å². The number of anilines is 1. The molecule has 0 bridgehead atoms. The average molecular weight is 298 g/mol. The van der Waals surface area contributed by atoms with Gasteiger partial charge in [-0.1, -0.05) is 0 Å². The van der Waals surface area contributed by atoms with E-state index in [0.717, 1.165) is 0 Å². The van der Waals surface area contributed by atoms with Gasteiger partial charge in [0, 0.05) is 25.3 Å². The number of aliphatic carboxylic acids is 1. The second-order valence-corrected chi connectivity index (χ2v) is 5.34. The van der Waals surface area contributed by atoms with E-state index < -0.39 is 17.5 Å². The summed E-state index contributed by atoms with van der Waals surface area (Å²) in [5.74, 6) is -0.885. The van der Waals surface area contributed by atoms with Crippen molar-refractivity contribution in [2.75, 3.05) is 19.0 Å². The van der Waals surface area contributed by atoms with Crippen LogP contribution in [-0.4, -0.2) is 46.1 Å². The molecule has 1 heterocycles. The van der Waals surface area contributed by atoms with E-state index in [2.05, 4.69) is 15.7 Å². The lowest BCUT2D eigenvalue weighted by Gasteiger charge is -2.25. The molecule has 0 unspecified atom stereocenters. The van der Waals surface area contributed by atoms with Crippen molar-refractivity contribution in [1.82, 2.24) is 15.1 Å². The molecule has 0 aliphatic heterocycles. The molecule has 0 atom stereocenters. The molecule has 1 aromatic rings. The molecule has 0 saturated carbocycles. The lowest BCUT2D eigenvalue weighted by molar-refractivity contribution is -0.137. The van der Waals surface area contributed by atoms with Crippen molar-refractivity contribution < 1.29 is 19.4 Å². The Morgan fingerprint density at radius 2 is 2.19 bits per heavy atom. The summed E-state index contributed by atoms with van der Waals surface area (Å²) in [5.41, 5.74) is -0.0354. The van der Waals surface area contributed by atoms with E-state index in [-0.39, 0.29) is 6.42 Å². The van der Waals surface area contributed by atoms with E-state index in [1.807, 2.05) is 0 Å². The summed E-state index contributed by atoms with van der Waals surface area (Å²) in [6, 6.07) is -0.392. The lowest BCUT2D eigenvalue weighted by Crippen LogP contribution is -2.45. The van der Waals surface area contributed by atoms with E-state index in [9.17, 15) is 9.59 Å². The van der Waals surface area contributed by atoms with Crippen LogP contribution in [0.25, 0.3) is 0 Å². The van der Waals surface area contributed by atoms with Gasteiger partial charge in [0.1, 0.15) is 0 Å². The van der Waals surface area contributed by atoms with Crippen LogP contribution in [0.2, 0.25) is 0 Å². The first-order valence-corrected chi connectivity index (χ1v) is 6.65. The maximum absolute atomic E-state index is 11.9. The zero-order valence-electron chi connectivity index (χ0n) is 12.5. The summed E-state index contributed by atoms with van der Waals surface area (Å²) < 4.78 is 6.60. The number of carbonyl (C=O) groups is 2. The molecule has 1 aromatic heterocycles. The summed E-state index contributed by atoms with van der Waals surface area (Å²) in [5, 5.41) is 18.1. The molecule has 0 aromatic carbocycles. The molecule has 0 fully saturated rings. The quantitative estimate of drug-likeness (QED) is 0.670. The topological polar surface area (TPSA) is 105 Å². The third-order valence-electron chi connectivity index (χ3n) is 2.83. The molecule has 0 aliphatic rings. The molecule has 8 nitrogen and oxygen atoms in total. The Bertz CT molecular complexity index is 484. The van der Waals surface area contributed by atoms with Crippen LogP contribution in [-0.2, 0) is 16.1 Å². The van der Waals surface area contributed by atoms with Crippen LogP contribution in [0.5, 0.6) is 0 Å². The highest BCUT2D eigenvalue weighted by atomic mass is 16.5. The summed E-state index contributed by atoms with van der Waals surface area (Å²) in [6.07, 6.45) is 3.59. The monoisotopic (exact) mass is 298 g/mol. The van der Waals surface area contributed by atoms with E-state index in [4.69, 9.17) is 9.84 Å². The molecule has 0 aliphatic carbocycles. The predicted octanol–water partition coefficient (Wildman–Crippen LogP) is 1.29. The third kappa shape index (κ3) is 6.75. The van der Waals surface area contributed by atoms with Gasteiger partial charge < -0.3 is 20.5 Å². The Morgan fingerprint density at radius 1 is 1.48 bits per heavy atom. The Balaban J connectivity index is 2.45. The van der Waals surface area contributed by atoms with Crippen LogP contribution in [0, 0.1) is 0 Å². The highest BCUT2D eigenvalue weighted by Gasteiger charge is 2.21. The number of hydrogen-bond donors (Lipinski definition) is 3. The van der Waals surface area contributed by atoms with Crippen molar-refractivity contribution in [3.63, 3.8) is 0 Å². The molecule has 21 heavy (non-hydrogen) atoms. The Morgan fingerprint density at radius 3 is 2.81 bits per heavy atom. The van der Waals surface area contributed by atoms with Gasteiger partial charge in [-0.05, 0) is 20.3 Å². The number of hydrogen-bond acceptors (Lipinski definition) is 4. The number of nitrogens with one attached hydrogen (secondary N) is 2. The Kier molecular flexibility index (Phi) is 6.16. The zero-order chi connectivity index (χ0) is 15.9. The number of carbonyl (C=O) groups excluding carboxylic acids is 1. The molecule has 0 saturated heterocycles. The van der Waals surface area contributed by atoms with Crippen LogP contribution in [0.4, 0.5) is 10.5 Å². The maximum Gasteiger partial charge on any atom is 0.319 e. The number of nitrogens with zero attached hydrogens (tertiary/aromatic N) is 2. The maximum atomic E-state index is 11.9. The van der Waals surface area contributed by atoms with Gasteiger partial charge in [-0.25, -0.2) is 4.79 Å². The smallest absolute Gasteiger partial charge is 0.319 e. The average Bonchev–Trinajstić information content (AvgIpc) is 2.81. The zero-order valence-corrected chi connectivity index (χ0v) is 12.5.